The Balaban J connectivity index is 1.36. The molecule has 10 nitrogen and oxygen atoms in total. The quantitative estimate of drug-likeness (QED) is 0.209. The molecule has 0 bridgehead atoms. The Morgan fingerprint density at radius 2 is 1.55 bits per heavy atom. The van der Waals surface area contributed by atoms with Gasteiger partial charge in [0, 0.05) is 28.1 Å². The molecule has 3 aromatic rings. The minimum Gasteiger partial charge on any atom is -0.309 e. The third-order valence-electron chi connectivity index (χ3n) is 7.19. The molecule has 2 aliphatic heterocycles. The maximum absolute atomic E-state index is 13.1. The lowest BCUT2D eigenvalue weighted by Gasteiger charge is -2.21. The van der Waals surface area contributed by atoms with E-state index in [4.69, 9.17) is 11.6 Å². The first-order chi connectivity index (χ1) is 21.1. The molecule has 0 atom stereocenters. The van der Waals surface area contributed by atoms with Gasteiger partial charge < -0.3 is 4.90 Å². The molecule has 216 valence electrons. The molecular weight excluding hydrogens is 653 g/mol. The van der Waals surface area contributed by atoms with E-state index in [0.29, 0.717) is 28.1 Å². The number of carbonyl (C=O) groups excluding carboxylic acids is 2. The molecule has 0 unspecified atom stereocenters. The van der Waals surface area contributed by atoms with E-state index >= 15 is 0 Å². The van der Waals surface area contributed by atoms with Crippen LogP contribution in [0.1, 0.15) is 38.1 Å². The molecule has 2 saturated heterocycles. The van der Waals surface area contributed by atoms with E-state index in [1.165, 1.54) is 21.1 Å². The number of aliphatic imine (C=N–C) groups is 2. The van der Waals surface area contributed by atoms with E-state index < -0.39 is 5.41 Å². The summed E-state index contributed by atoms with van der Waals surface area (Å²) in [5, 5.41) is 29.8. The first-order valence-corrected chi connectivity index (χ1v) is 17.1. The van der Waals surface area contributed by atoms with Crippen molar-refractivity contribution in [2.75, 3.05) is 13.1 Å². The summed E-state index contributed by atoms with van der Waals surface area (Å²) in [5.74, 6) is -0.637. The molecule has 0 saturated carbocycles. The highest BCUT2D eigenvalue weighted by Gasteiger charge is 2.41. The molecular formula is C29H18N8O2S5. The van der Waals surface area contributed by atoms with Crippen molar-refractivity contribution in [3.63, 3.8) is 0 Å². The average Bonchev–Trinajstić information content (AvgIpc) is 3.80. The van der Waals surface area contributed by atoms with Gasteiger partial charge in [-0.3, -0.25) is 14.5 Å². The van der Waals surface area contributed by atoms with Crippen LogP contribution in [-0.4, -0.2) is 44.8 Å². The second kappa shape index (κ2) is 11.0. The summed E-state index contributed by atoms with van der Waals surface area (Å²) >= 11 is 6.91. The van der Waals surface area contributed by atoms with Gasteiger partial charge in [0.15, 0.2) is 15.7 Å². The van der Waals surface area contributed by atoms with Gasteiger partial charge in [-0.1, -0.05) is 25.6 Å². The highest BCUT2D eigenvalue weighted by atomic mass is 32.2. The van der Waals surface area contributed by atoms with Crippen LogP contribution in [0.3, 0.4) is 0 Å². The molecule has 3 aliphatic rings. The van der Waals surface area contributed by atoms with Gasteiger partial charge in [-0.15, -0.1) is 34.0 Å². The molecule has 2 amide bonds. The summed E-state index contributed by atoms with van der Waals surface area (Å²) < 4.78 is 4.39. The summed E-state index contributed by atoms with van der Waals surface area (Å²) in [5.41, 5.74) is 1.16. The fourth-order valence-electron chi connectivity index (χ4n) is 5.06. The maximum Gasteiger partial charge on any atom is 0.291 e. The van der Waals surface area contributed by atoms with Crippen LogP contribution >= 0.6 is 57.5 Å². The zero-order valence-corrected chi connectivity index (χ0v) is 27.6. The van der Waals surface area contributed by atoms with Crippen LogP contribution in [0.5, 0.6) is 0 Å². The van der Waals surface area contributed by atoms with Crippen LogP contribution in [0.2, 0.25) is 0 Å². The van der Waals surface area contributed by atoms with Crippen LogP contribution in [0.4, 0.5) is 5.00 Å². The van der Waals surface area contributed by atoms with Crippen LogP contribution in [0, 0.1) is 40.6 Å². The van der Waals surface area contributed by atoms with Crippen molar-refractivity contribution in [3.8, 4) is 18.2 Å². The maximum atomic E-state index is 13.1. The molecule has 0 spiro atoms. The monoisotopic (exact) mass is 670 g/mol. The van der Waals surface area contributed by atoms with Gasteiger partial charge >= 0.3 is 0 Å². The molecule has 2 fully saturated rings. The molecule has 0 aromatic carbocycles. The molecule has 1 aliphatic carbocycles. The lowest BCUT2D eigenvalue weighted by Crippen LogP contribution is -2.27. The number of thiophene rings is 3. The minimum absolute atomic E-state index is 0.107. The third-order valence-corrected chi connectivity index (χ3v) is 13.1. The fraction of sp³-hybridized carbons (Fsp3) is 0.241. The Morgan fingerprint density at radius 1 is 0.909 bits per heavy atom. The number of nitrogens with zero attached hydrogens (tertiary/aromatic N) is 8. The van der Waals surface area contributed by atoms with E-state index in [-0.39, 0.29) is 33.2 Å². The first kappa shape index (κ1) is 29.8. The van der Waals surface area contributed by atoms with Gasteiger partial charge in [0.05, 0.1) is 32.4 Å². The number of nitriles is 3. The highest BCUT2D eigenvalue weighted by molar-refractivity contribution is 8.20. The topological polar surface area (TPSA) is 141 Å². The molecule has 0 N–H and O–H groups in total. The predicted octanol–water partition coefficient (Wildman–Crippen LogP) is 7.30. The van der Waals surface area contributed by atoms with Gasteiger partial charge in [-0.25, -0.2) is 20.1 Å². The van der Waals surface area contributed by atoms with Gasteiger partial charge in [0.25, 0.3) is 17.5 Å². The van der Waals surface area contributed by atoms with Crippen LogP contribution in [-0.2, 0) is 15.0 Å². The van der Waals surface area contributed by atoms with Crippen LogP contribution in [0.15, 0.2) is 43.1 Å². The number of hydrogen-bond donors (Lipinski definition) is 0. The predicted molar refractivity (Wildman–Crippen MR) is 178 cm³/mol. The van der Waals surface area contributed by atoms with E-state index in [9.17, 15) is 25.4 Å². The summed E-state index contributed by atoms with van der Waals surface area (Å²) in [6.07, 6.45) is 2.01. The minimum atomic E-state index is -0.491. The summed E-state index contributed by atoms with van der Waals surface area (Å²) in [6.45, 7) is 15.7. The summed E-state index contributed by atoms with van der Waals surface area (Å²) in [6, 6.07) is 7.58. The summed E-state index contributed by atoms with van der Waals surface area (Å²) in [7, 11) is 0. The molecule has 6 rings (SSSR count). The second-order valence-electron chi connectivity index (χ2n) is 9.95. The number of carbonyl (C=O) groups is 2. The van der Waals surface area contributed by atoms with Crippen molar-refractivity contribution >= 4 is 109 Å². The normalized spacial score (nSPS) is 20.4. The number of hydrogen-bond acceptors (Lipinski definition) is 12. The molecule has 15 heteroatoms. The molecule has 0 radical (unpaired) electrons. The van der Waals surface area contributed by atoms with Crippen molar-refractivity contribution < 1.29 is 9.59 Å². The molecule has 5 heterocycles. The van der Waals surface area contributed by atoms with Crippen LogP contribution in [0.25, 0.3) is 29.7 Å². The Morgan fingerprint density at radius 3 is 2.16 bits per heavy atom. The second-order valence-corrected chi connectivity index (χ2v) is 15.0. The Labute approximate surface area is 272 Å². The Hall–Kier alpha value is -4.22. The fourth-order valence-corrected chi connectivity index (χ4v) is 11.6. The molecule has 3 aromatic heterocycles. The van der Waals surface area contributed by atoms with Crippen molar-refractivity contribution in [1.29, 1.82) is 15.8 Å². The van der Waals surface area contributed by atoms with Gasteiger partial charge in [-0.2, -0.15) is 10.5 Å². The van der Waals surface area contributed by atoms with E-state index in [1.54, 1.807) is 36.5 Å². The van der Waals surface area contributed by atoms with Crippen molar-refractivity contribution in [2.24, 2.45) is 9.98 Å². The first-order valence-electron chi connectivity index (χ1n) is 13.1. The van der Waals surface area contributed by atoms with E-state index in [2.05, 4.69) is 23.7 Å². The number of allylic oxidation sites excluding steroid dienone is 3. The lowest BCUT2D eigenvalue weighted by molar-refractivity contribution is -0.121. The van der Waals surface area contributed by atoms with E-state index in [0.717, 1.165) is 58.5 Å². The standard InChI is InChI=1S/C29H18N8O2S5/c1-6-36-25(38)23(43-27(36)13(10-30)11-31)34-17-8-15-19(29(17,3)4)21-22(40-15)20-16(41-21)9-18(42-20)35-24-26(39)37(7-2)28(44-24)14(12-32)33-5/h8-9H,6-7H2,1-4H3/b28-14-,34-23?,35-24?. The Bertz CT molecular complexity index is 2150. The van der Waals surface area contributed by atoms with Crippen molar-refractivity contribution in [1.82, 2.24) is 9.80 Å². The number of thioether (sulfide) groups is 2. The lowest BCUT2D eigenvalue weighted by atomic mass is 9.86. The van der Waals surface area contributed by atoms with Crippen molar-refractivity contribution in [3.05, 3.63) is 54.9 Å². The van der Waals surface area contributed by atoms with E-state index in [1.807, 2.05) is 30.4 Å². The van der Waals surface area contributed by atoms with Gasteiger partial charge in [0.1, 0.15) is 27.2 Å². The van der Waals surface area contributed by atoms with Crippen molar-refractivity contribution in [2.45, 2.75) is 33.1 Å². The Kier molecular flexibility index (Phi) is 7.49. The zero-order chi connectivity index (χ0) is 31.5. The number of amides is 2. The molecule has 44 heavy (non-hydrogen) atoms. The average molecular weight is 671 g/mol. The smallest absolute Gasteiger partial charge is 0.291 e. The number of rotatable bonds is 4. The SMILES string of the molecule is [C-]#[N+]/C(C#N)=C1\SC(=Nc2cc3sc4c5c(sc4c3s2)C=C(N=C2SC(=C(C#N)C#N)N(CC)C2=O)C5(C)C)C(=O)N1CC. The summed E-state index contributed by atoms with van der Waals surface area (Å²) in [4.78, 5) is 42.6. The highest BCUT2D eigenvalue weighted by Crippen LogP contribution is 2.56. The van der Waals surface area contributed by atoms with Crippen LogP contribution < -0.4 is 0 Å². The third kappa shape index (κ3) is 4.40. The zero-order valence-electron chi connectivity index (χ0n) is 23.5. The van der Waals surface area contributed by atoms with Gasteiger partial charge in [-0.05, 0) is 43.3 Å². The van der Waals surface area contributed by atoms with Gasteiger partial charge in [0.2, 0.25) is 0 Å². The largest absolute Gasteiger partial charge is 0.309 e. The number of fused-ring (bicyclic) bond motifs is 5.